The lowest BCUT2D eigenvalue weighted by atomic mass is 10.1. The number of halogens is 1. The zero-order valence-electron chi connectivity index (χ0n) is 15.0. The zero-order chi connectivity index (χ0) is 19.7. The van der Waals surface area contributed by atoms with Crippen LogP contribution in [0.2, 0.25) is 0 Å². The maximum Gasteiger partial charge on any atom is 0.254 e. The van der Waals surface area contributed by atoms with Crippen LogP contribution in [0.4, 0.5) is 0 Å². The van der Waals surface area contributed by atoms with E-state index in [0.29, 0.717) is 47.8 Å². The van der Waals surface area contributed by atoms with Crippen LogP contribution in [0.3, 0.4) is 0 Å². The Morgan fingerprint density at radius 1 is 0.929 bits per heavy atom. The topological polar surface area (TPSA) is 76.2 Å². The molecule has 2 aliphatic heterocycles. The van der Waals surface area contributed by atoms with Crippen LogP contribution in [0.25, 0.3) is 0 Å². The molecule has 0 spiro atoms. The third-order valence-electron chi connectivity index (χ3n) is 4.75. The van der Waals surface area contributed by atoms with Gasteiger partial charge in [0, 0.05) is 36.2 Å². The number of hydrogen-bond acceptors (Lipinski definition) is 5. The average molecular weight is 467 g/mol. The molecule has 0 saturated carbocycles. The van der Waals surface area contributed by atoms with Crippen LogP contribution >= 0.6 is 15.9 Å². The van der Waals surface area contributed by atoms with Crippen LogP contribution in [0.5, 0.6) is 11.5 Å². The molecule has 0 N–H and O–H groups in total. The molecule has 2 aliphatic rings. The second-order valence-corrected chi connectivity index (χ2v) is 9.37. The fraction of sp³-hybridized carbons (Fsp3) is 0.316. The van der Waals surface area contributed by atoms with Crippen molar-refractivity contribution in [2.75, 3.05) is 39.4 Å². The molecule has 0 bridgehead atoms. The van der Waals surface area contributed by atoms with E-state index in [1.165, 1.54) is 4.31 Å². The molecule has 2 aromatic carbocycles. The SMILES string of the molecule is O=C(c1ccc2c(c1)OCCO2)N1CCN(S(=O)(=O)c2cccc(Br)c2)CC1. The molecule has 9 heteroatoms. The van der Waals surface area contributed by atoms with E-state index in [4.69, 9.17) is 9.47 Å². The maximum atomic E-state index is 12.8. The highest BCUT2D eigenvalue weighted by atomic mass is 79.9. The zero-order valence-corrected chi connectivity index (χ0v) is 17.4. The van der Waals surface area contributed by atoms with Gasteiger partial charge >= 0.3 is 0 Å². The Morgan fingerprint density at radius 2 is 1.64 bits per heavy atom. The monoisotopic (exact) mass is 466 g/mol. The van der Waals surface area contributed by atoms with Crippen LogP contribution in [0.15, 0.2) is 51.8 Å². The number of rotatable bonds is 3. The Labute approximate surface area is 172 Å². The molecule has 0 atom stereocenters. The Hall–Kier alpha value is -2.10. The number of piperazine rings is 1. The minimum Gasteiger partial charge on any atom is -0.486 e. The third kappa shape index (κ3) is 3.74. The summed E-state index contributed by atoms with van der Waals surface area (Å²) in [6, 6.07) is 11.8. The second kappa shape index (κ2) is 7.73. The van der Waals surface area contributed by atoms with Crippen molar-refractivity contribution < 1.29 is 22.7 Å². The fourth-order valence-corrected chi connectivity index (χ4v) is 5.29. The summed E-state index contributed by atoms with van der Waals surface area (Å²) >= 11 is 3.30. The molecule has 4 rings (SSSR count). The van der Waals surface area contributed by atoms with Crippen molar-refractivity contribution in [2.45, 2.75) is 4.90 Å². The van der Waals surface area contributed by atoms with E-state index in [-0.39, 0.29) is 23.9 Å². The standard InChI is InChI=1S/C19H19BrN2O5S/c20-15-2-1-3-16(13-15)28(24,25)22-8-6-21(7-9-22)19(23)14-4-5-17-18(12-14)27-11-10-26-17/h1-5,12-13H,6-11H2. The van der Waals surface area contributed by atoms with Gasteiger partial charge in [-0.3, -0.25) is 4.79 Å². The van der Waals surface area contributed by atoms with Crippen molar-refractivity contribution in [3.8, 4) is 11.5 Å². The Morgan fingerprint density at radius 3 is 2.36 bits per heavy atom. The highest BCUT2D eigenvalue weighted by Gasteiger charge is 2.31. The Bertz CT molecular complexity index is 1000. The Balaban J connectivity index is 1.44. The summed E-state index contributed by atoms with van der Waals surface area (Å²) in [5.41, 5.74) is 0.507. The number of amides is 1. The number of carbonyl (C=O) groups is 1. The lowest BCUT2D eigenvalue weighted by Crippen LogP contribution is -2.50. The van der Waals surface area contributed by atoms with Gasteiger partial charge in [0.15, 0.2) is 11.5 Å². The van der Waals surface area contributed by atoms with Gasteiger partial charge in [0.05, 0.1) is 4.90 Å². The molecule has 1 saturated heterocycles. The number of hydrogen-bond donors (Lipinski definition) is 0. The summed E-state index contributed by atoms with van der Waals surface area (Å²) in [6.07, 6.45) is 0. The van der Waals surface area contributed by atoms with E-state index in [1.54, 1.807) is 47.4 Å². The summed E-state index contributed by atoms with van der Waals surface area (Å²) in [4.78, 5) is 14.7. The third-order valence-corrected chi connectivity index (χ3v) is 7.14. The van der Waals surface area contributed by atoms with Crippen LogP contribution in [0.1, 0.15) is 10.4 Å². The van der Waals surface area contributed by atoms with Gasteiger partial charge in [-0.25, -0.2) is 8.42 Å². The predicted molar refractivity (Wildman–Crippen MR) is 106 cm³/mol. The van der Waals surface area contributed by atoms with E-state index >= 15 is 0 Å². The summed E-state index contributed by atoms with van der Waals surface area (Å²) < 4.78 is 38.8. The van der Waals surface area contributed by atoms with E-state index in [1.807, 2.05) is 0 Å². The molecule has 1 amide bonds. The summed E-state index contributed by atoms with van der Waals surface area (Å²) in [7, 11) is -3.58. The molecule has 0 aromatic heterocycles. The van der Waals surface area contributed by atoms with Gasteiger partial charge in [-0.05, 0) is 36.4 Å². The van der Waals surface area contributed by atoms with Crippen molar-refractivity contribution >= 4 is 31.9 Å². The number of benzene rings is 2. The van der Waals surface area contributed by atoms with Gasteiger partial charge in [0.2, 0.25) is 10.0 Å². The fourth-order valence-electron chi connectivity index (χ4n) is 3.27. The molecule has 0 radical (unpaired) electrons. The van der Waals surface area contributed by atoms with Crippen LogP contribution < -0.4 is 9.47 Å². The van der Waals surface area contributed by atoms with E-state index in [0.717, 1.165) is 0 Å². The van der Waals surface area contributed by atoms with Crippen molar-refractivity contribution in [1.29, 1.82) is 0 Å². The van der Waals surface area contributed by atoms with Gasteiger partial charge in [0.25, 0.3) is 5.91 Å². The van der Waals surface area contributed by atoms with Crippen LogP contribution in [-0.2, 0) is 10.0 Å². The number of carbonyl (C=O) groups excluding carboxylic acids is 1. The molecule has 0 aliphatic carbocycles. The first-order valence-electron chi connectivity index (χ1n) is 8.90. The highest BCUT2D eigenvalue weighted by Crippen LogP contribution is 2.31. The smallest absolute Gasteiger partial charge is 0.254 e. The number of fused-ring (bicyclic) bond motifs is 1. The lowest BCUT2D eigenvalue weighted by Gasteiger charge is -2.34. The van der Waals surface area contributed by atoms with Crippen molar-refractivity contribution in [3.05, 3.63) is 52.5 Å². The minimum atomic E-state index is -3.58. The van der Waals surface area contributed by atoms with Crippen molar-refractivity contribution in [2.24, 2.45) is 0 Å². The van der Waals surface area contributed by atoms with E-state index < -0.39 is 10.0 Å². The Kier molecular flexibility index (Phi) is 5.31. The summed E-state index contributed by atoms with van der Waals surface area (Å²) in [5.74, 6) is 1.05. The number of nitrogens with zero attached hydrogens (tertiary/aromatic N) is 2. The van der Waals surface area contributed by atoms with Crippen LogP contribution in [-0.4, -0.2) is 62.9 Å². The molecule has 2 aromatic rings. The first-order valence-corrected chi connectivity index (χ1v) is 11.1. The average Bonchev–Trinajstić information content (AvgIpc) is 2.73. The summed E-state index contributed by atoms with van der Waals surface area (Å²) in [5, 5.41) is 0. The molecule has 28 heavy (non-hydrogen) atoms. The molecule has 2 heterocycles. The van der Waals surface area contributed by atoms with E-state index in [2.05, 4.69) is 15.9 Å². The minimum absolute atomic E-state index is 0.142. The van der Waals surface area contributed by atoms with Crippen molar-refractivity contribution in [3.63, 3.8) is 0 Å². The second-order valence-electron chi connectivity index (χ2n) is 6.51. The van der Waals surface area contributed by atoms with Gasteiger partial charge in [-0.2, -0.15) is 4.31 Å². The quantitative estimate of drug-likeness (QED) is 0.693. The van der Waals surface area contributed by atoms with Crippen LogP contribution in [0, 0.1) is 0 Å². The first kappa shape index (κ1) is 19.2. The van der Waals surface area contributed by atoms with Gasteiger partial charge < -0.3 is 14.4 Å². The van der Waals surface area contributed by atoms with Crippen molar-refractivity contribution in [1.82, 2.24) is 9.21 Å². The molecule has 0 unspecified atom stereocenters. The lowest BCUT2D eigenvalue weighted by molar-refractivity contribution is 0.0697. The first-order chi connectivity index (χ1) is 13.4. The van der Waals surface area contributed by atoms with Gasteiger partial charge in [-0.15, -0.1) is 0 Å². The maximum absolute atomic E-state index is 12.8. The van der Waals surface area contributed by atoms with Gasteiger partial charge in [-0.1, -0.05) is 22.0 Å². The molecule has 1 fully saturated rings. The molecule has 148 valence electrons. The normalized spacial score (nSPS) is 17.4. The highest BCUT2D eigenvalue weighted by molar-refractivity contribution is 9.10. The molecular formula is C19H19BrN2O5S. The molecular weight excluding hydrogens is 448 g/mol. The predicted octanol–water partition coefficient (Wildman–Crippen LogP) is 2.37. The largest absolute Gasteiger partial charge is 0.486 e. The summed E-state index contributed by atoms with van der Waals surface area (Å²) in [6.45, 7) is 2.13. The van der Waals surface area contributed by atoms with E-state index in [9.17, 15) is 13.2 Å². The number of ether oxygens (including phenoxy) is 2. The molecule has 7 nitrogen and oxygen atoms in total. The van der Waals surface area contributed by atoms with Gasteiger partial charge in [0.1, 0.15) is 13.2 Å². The number of sulfonamides is 1.